The number of hydrogen-bond donors (Lipinski definition) is 1. The maximum absolute atomic E-state index is 11.4. The molecule has 0 aromatic carbocycles. The number of hydrogen-bond acceptors (Lipinski definition) is 5. The summed E-state index contributed by atoms with van der Waals surface area (Å²) in [5.41, 5.74) is 1.12. The minimum Gasteiger partial charge on any atom is -0.359 e. The SMILES string of the molecule is CNC(=O)Cc1nc(CN2CC[C@H](CN3CCCCC3)C2)cs1. The zero-order valence-corrected chi connectivity index (χ0v) is 14.9. The fraction of sp³-hybridized carbons (Fsp3) is 0.765. The van der Waals surface area contributed by atoms with E-state index in [2.05, 4.69) is 25.5 Å². The molecule has 3 heterocycles. The summed E-state index contributed by atoms with van der Waals surface area (Å²) in [6, 6.07) is 0. The van der Waals surface area contributed by atoms with Crippen LogP contribution in [0.1, 0.15) is 36.4 Å². The molecular weight excluding hydrogens is 308 g/mol. The zero-order valence-electron chi connectivity index (χ0n) is 14.1. The molecule has 0 aliphatic carbocycles. The van der Waals surface area contributed by atoms with E-state index >= 15 is 0 Å². The molecule has 23 heavy (non-hydrogen) atoms. The summed E-state index contributed by atoms with van der Waals surface area (Å²) in [7, 11) is 1.67. The third kappa shape index (κ3) is 4.99. The number of nitrogens with one attached hydrogen (secondary N) is 1. The summed E-state index contributed by atoms with van der Waals surface area (Å²) in [6.07, 6.45) is 5.88. The number of rotatable bonds is 6. The topological polar surface area (TPSA) is 48.5 Å². The average Bonchev–Trinajstić information content (AvgIpc) is 3.18. The molecule has 1 aromatic heterocycles. The number of carbonyl (C=O) groups is 1. The van der Waals surface area contributed by atoms with E-state index in [0.717, 1.165) is 23.2 Å². The monoisotopic (exact) mass is 336 g/mol. The maximum Gasteiger partial charge on any atom is 0.226 e. The van der Waals surface area contributed by atoms with Gasteiger partial charge in [-0.05, 0) is 44.8 Å². The molecule has 1 amide bonds. The fourth-order valence-electron chi connectivity index (χ4n) is 3.67. The Hall–Kier alpha value is -0.980. The summed E-state index contributed by atoms with van der Waals surface area (Å²) >= 11 is 1.60. The van der Waals surface area contributed by atoms with Gasteiger partial charge in [0.15, 0.2) is 0 Å². The van der Waals surface area contributed by atoms with Gasteiger partial charge in [0.05, 0.1) is 12.1 Å². The lowest BCUT2D eigenvalue weighted by Gasteiger charge is -2.29. The maximum atomic E-state index is 11.4. The molecule has 0 saturated carbocycles. The summed E-state index contributed by atoms with van der Waals surface area (Å²) in [4.78, 5) is 21.2. The Bertz CT molecular complexity index is 512. The Morgan fingerprint density at radius 2 is 2.13 bits per heavy atom. The summed E-state index contributed by atoms with van der Waals surface area (Å²) < 4.78 is 0. The third-order valence-corrected chi connectivity index (χ3v) is 5.81. The van der Waals surface area contributed by atoms with Crippen LogP contribution in [0, 0.1) is 5.92 Å². The number of carbonyl (C=O) groups excluding carboxylic acids is 1. The molecule has 0 radical (unpaired) electrons. The van der Waals surface area contributed by atoms with Crippen LogP contribution >= 0.6 is 11.3 Å². The first kappa shape index (κ1) is 16.9. The van der Waals surface area contributed by atoms with Crippen LogP contribution in [0.2, 0.25) is 0 Å². The standard InChI is InChI=1S/C17H28N4OS/c1-18-16(22)9-17-19-15(13-23-17)12-21-8-5-14(11-21)10-20-6-3-2-4-7-20/h13-14H,2-12H2,1H3,(H,18,22)/t14-/m1/s1. The van der Waals surface area contributed by atoms with Crippen molar-refractivity contribution in [2.24, 2.45) is 5.92 Å². The van der Waals surface area contributed by atoms with Crippen LogP contribution < -0.4 is 5.32 Å². The van der Waals surface area contributed by atoms with E-state index in [9.17, 15) is 4.79 Å². The first-order chi connectivity index (χ1) is 11.2. The van der Waals surface area contributed by atoms with Crippen LogP contribution in [0.4, 0.5) is 0 Å². The molecule has 0 bridgehead atoms. The second-order valence-electron chi connectivity index (χ2n) is 6.83. The van der Waals surface area contributed by atoms with Gasteiger partial charge in [-0.2, -0.15) is 0 Å². The first-order valence-electron chi connectivity index (χ1n) is 8.81. The largest absolute Gasteiger partial charge is 0.359 e. The number of thiazole rings is 1. The van der Waals surface area contributed by atoms with Gasteiger partial charge in [0.25, 0.3) is 0 Å². The molecule has 1 atom stereocenters. The van der Waals surface area contributed by atoms with E-state index in [1.54, 1.807) is 18.4 Å². The number of aromatic nitrogens is 1. The number of amides is 1. The van der Waals surface area contributed by atoms with Gasteiger partial charge in [-0.1, -0.05) is 6.42 Å². The molecule has 6 heteroatoms. The van der Waals surface area contributed by atoms with Gasteiger partial charge in [-0.3, -0.25) is 9.69 Å². The third-order valence-electron chi connectivity index (χ3n) is 4.91. The van der Waals surface area contributed by atoms with Crippen molar-refractivity contribution in [1.82, 2.24) is 20.1 Å². The van der Waals surface area contributed by atoms with E-state index in [1.807, 2.05) is 0 Å². The Kier molecular flexibility index (Phi) is 6.02. The van der Waals surface area contributed by atoms with Crippen LogP contribution in [-0.2, 0) is 17.8 Å². The molecule has 0 unspecified atom stereocenters. The van der Waals surface area contributed by atoms with Crippen LogP contribution in [-0.4, -0.2) is 60.5 Å². The second-order valence-corrected chi connectivity index (χ2v) is 7.78. The number of nitrogens with zero attached hydrogens (tertiary/aromatic N) is 3. The number of likely N-dealkylation sites (tertiary alicyclic amines) is 2. The zero-order chi connectivity index (χ0) is 16.1. The van der Waals surface area contributed by atoms with Crippen LogP contribution in [0.25, 0.3) is 0 Å². The van der Waals surface area contributed by atoms with E-state index in [4.69, 9.17) is 0 Å². The van der Waals surface area contributed by atoms with Crippen LogP contribution in [0.15, 0.2) is 5.38 Å². The normalized spacial score (nSPS) is 23.3. The lowest BCUT2D eigenvalue weighted by Crippen LogP contribution is -2.35. The summed E-state index contributed by atoms with van der Waals surface area (Å²) in [5.74, 6) is 0.853. The molecular formula is C17H28N4OS. The van der Waals surface area contributed by atoms with Crippen molar-refractivity contribution in [3.63, 3.8) is 0 Å². The van der Waals surface area contributed by atoms with E-state index in [1.165, 1.54) is 58.4 Å². The van der Waals surface area contributed by atoms with E-state index < -0.39 is 0 Å². The van der Waals surface area contributed by atoms with Crippen molar-refractivity contribution < 1.29 is 4.79 Å². The molecule has 1 N–H and O–H groups in total. The quantitative estimate of drug-likeness (QED) is 0.860. The van der Waals surface area contributed by atoms with Crippen LogP contribution in [0.3, 0.4) is 0 Å². The molecule has 3 rings (SSSR count). The van der Waals surface area contributed by atoms with Crippen molar-refractivity contribution in [2.45, 2.75) is 38.6 Å². The molecule has 2 fully saturated rings. The predicted molar refractivity (Wildman–Crippen MR) is 93.6 cm³/mol. The molecule has 1 aromatic rings. The Morgan fingerprint density at radius 3 is 2.91 bits per heavy atom. The van der Waals surface area contributed by atoms with Crippen molar-refractivity contribution >= 4 is 17.2 Å². The fourth-order valence-corrected chi connectivity index (χ4v) is 4.45. The van der Waals surface area contributed by atoms with Crippen molar-refractivity contribution in [1.29, 1.82) is 0 Å². The molecule has 2 aliphatic heterocycles. The lowest BCUT2D eigenvalue weighted by molar-refractivity contribution is -0.119. The molecule has 2 saturated heterocycles. The Morgan fingerprint density at radius 1 is 1.30 bits per heavy atom. The first-order valence-corrected chi connectivity index (χ1v) is 9.69. The van der Waals surface area contributed by atoms with Gasteiger partial charge in [-0.15, -0.1) is 11.3 Å². The molecule has 2 aliphatic rings. The predicted octanol–water partition coefficient (Wildman–Crippen LogP) is 1.74. The van der Waals surface area contributed by atoms with E-state index in [0.29, 0.717) is 6.42 Å². The van der Waals surface area contributed by atoms with Gasteiger partial charge in [0, 0.05) is 32.1 Å². The highest BCUT2D eigenvalue weighted by Crippen LogP contribution is 2.22. The minimum atomic E-state index is 0.0358. The van der Waals surface area contributed by atoms with Gasteiger partial charge in [0.2, 0.25) is 5.91 Å². The van der Waals surface area contributed by atoms with Crippen molar-refractivity contribution in [3.8, 4) is 0 Å². The summed E-state index contributed by atoms with van der Waals surface area (Å²) in [6.45, 7) is 7.17. The van der Waals surface area contributed by atoms with Gasteiger partial charge in [-0.25, -0.2) is 4.98 Å². The highest BCUT2D eigenvalue weighted by molar-refractivity contribution is 7.09. The lowest BCUT2D eigenvalue weighted by atomic mass is 10.1. The summed E-state index contributed by atoms with van der Waals surface area (Å²) in [5, 5.41) is 5.68. The van der Waals surface area contributed by atoms with Crippen LogP contribution in [0.5, 0.6) is 0 Å². The van der Waals surface area contributed by atoms with Gasteiger partial charge in [0.1, 0.15) is 5.01 Å². The molecule has 5 nitrogen and oxygen atoms in total. The van der Waals surface area contributed by atoms with Crippen molar-refractivity contribution in [2.75, 3.05) is 39.8 Å². The highest BCUT2D eigenvalue weighted by Gasteiger charge is 2.25. The minimum absolute atomic E-state index is 0.0358. The van der Waals surface area contributed by atoms with E-state index in [-0.39, 0.29) is 5.91 Å². The molecule has 0 spiro atoms. The van der Waals surface area contributed by atoms with Gasteiger partial charge >= 0.3 is 0 Å². The Labute approximate surface area is 143 Å². The number of piperidine rings is 1. The Balaban J connectivity index is 1.43. The second kappa shape index (κ2) is 8.22. The highest BCUT2D eigenvalue weighted by atomic mass is 32.1. The number of likely N-dealkylation sites (N-methyl/N-ethyl adjacent to an activating group) is 1. The van der Waals surface area contributed by atoms with Gasteiger partial charge < -0.3 is 10.2 Å². The molecule has 128 valence electrons. The smallest absolute Gasteiger partial charge is 0.226 e. The van der Waals surface area contributed by atoms with Crippen molar-refractivity contribution in [3.05, 3.63) is 16.1 Å². The average molecular weight is 337 g/mol.